The van der Waals surface area contributed by atoms with Gasteiger partial charge in [-0.15, -0.1) is 0 Å². The maximum atomic E-state index is 13.2. The summed E-state index contributed by atoms with van der Waals surface area (Å²) < 4.78 is 13.2. The molecule has 0 saturated carbocycles. The van der Waals surface area contributed by atoms with E-state index >= 15 is 0 Å². The van der Waals surface area contributed by atoms with Crippen molar-refractivity contribution in [3.63, 3.8) is 0 Å². The van der Waals surface area contributed by atoms with Crippen LogP contribution in [-0.2, 0) is 11.2 Å². The van der Waals surface area contributed by atoms with E-state index in [-0.39, 0.29) is 11.7 Å². The molecule has 2 aromatic rings. The molecule has 0 radical (unpaired) electrons. The number of carbonyl (C=O) groups is 1. The number of halogens is 1. The summed E-state index contributed by atoms with van der Waals surface area (Å²) in [7, 11) is 0. The molecule has 3 N–H and O–H groups in total. The molecular formula is C21H26FN4OS+. The average molecular weight is 402 g/mol. The SMILES string of the molecule is O=C(C[NH+]1CCN(C(=S)NCCc2ccccc2)CC1)Nc1cccc(F)c1. The number of benzene rings is 2. The fourth-order valence-electron chi connectivity index (χ4n) is 3.27. The van der Waals surface area contributed by atoms with Crippen LogP contribution in [0.15, 0.2) is 54.6 Å². The highest BCUT2D eigenvalue weighted by molar-refractivity contribution is 7.80. The van der Waals surface area contributed by atoms with E-state index < -0.39 is 0 Å². The molecule has 0 aromatic heterocycles. The summed E-state index contributed by atoms with van der Waals surface area (Å²) in [5.41, 5.74) is 1.78. The van der Waals surface area contributed by atoms with E-state index in [4.69, 9.17) is 12.2 Å². The topological polar surface area (TPSA) is 48.8 Å². The van der Waals surface area contributed by atoms with E-state index in [2.05, 4.69) is 27.7 Å². The quantitative estimate of drug-likeness (QED) is 0.634. The Hall–Kier alpha value is -2.51. The van der Waals surface area contributed by atoms with E-state index in [1.807, 2.05) is 18.2 Å². The summed E-state index contributed by atoms with van der Waals surface area (Å²) in [6.45, 7) is 4.51. The number of quaternary nitrogens is 1. The highest BCUT2D eigenvalue weighted by atomic mass is 32.1. The van der Waals surface area contributed by atoms with E-state index in [1.54, 1.807) is 12.1 Å². The molecule has 1 amide bonds. The highest BCUT2D eigenvalue weighted by Crippen LogP contribution is 2.08. The molecule has 1 aliphatic heterocycles. The van der Waals surface area contributed by atoms with Gasteiger partial charge in [0.05, 0.1) is 26.2 Å². The summed E-state index contributed by atoms with van der Waals surface area (Å²) in [6.07, 6.45) is 0.937. The van der Waals surface area contributed by atoms with E-state index in [0.717, 1.165) is 44.3 Å². The van der Waals surface area contributed by atoms with Gasteiger partial charge in [0.1, 0.15) is 5.82 Å². The van der Waals surface area contributed by atoms with E-state index in [1.165, 1.54) is 22.6 Å². The molecule has 0 unspecified atom stereocenters. The van der Waals surface area contributed by atoms with Gasteiger partial charge < -0.3 is 20.4 Å². The first-order valence-corrected chi connectivity index (χ1v) is 9.96. The lowest BCUT2D eigenvalue weighted by Gasteiger charge is -2.33. The highest BCUT2D eigenvalue weighted by Gasteiger charge is 2.23. The van der Waals surface area contributed by atoms with Crippen LogP contribution in [0.3, 0.4) is 0 Å². The van der Waals surface area contributed by atoms with Crippen molar-refractivity contribution in [2.24, 2.45) is 0 Å². The molecule has 5 nitrogen and oxygen atoms in total. The van der Waals surface area contributed by atoms with Crippen molar-refractivity contribution in [3.8, 4) is 0 Å². The average Bonchev–Trinajstić information content (AvgIpc) is 2.69. The number of thiocarbonyl (C=S) groups is 1. The van der Waals surface area contributed by atoms with Gasteiger partial charge in [0, 0.05) is 12.2 Å². The lowest BCUT2D eigenvalue weighted by atomic mass is 10.1. The third kappa shape index (κ3) is 6.28. The molecule has 7 heteroatoms. The van der Waals surface area contributed by atoms with Crippen LogP contribution in [0.25, 0.3) is 0 Å². The lowest BCUT2D eigenvalue weighted by Crippen LogP contribution is -3.15. The van der Waals surface area contributed by atoms with Gasteiger partial charge in [0.2, 0.25) is 0 Å². The van der Waals surface area contributed by atoms with Crippen molar-refractivity contribution in [1.29, 1.82) is 0 Å². The Balaban J connectivity index is 1.35. The van der Waals surface area contributed by atoms with Crippen molar-refractivity contribution >= 4 is 28.9 Å². The first-order valence-electron chi connectivity index (χ1n) is 9.56. The Morgan fingerprint density at radius 1 is 1.11 bits per heavy atom. The second kappa shape index (κ2) is 10.1. The fraction of sp³-hybridized carbons (Fsp3) is 0.333. The van der Waals surface area contributed by atoms with Gasteiger partial charge in [-0.3, -0.25) is 4.79 Å². The molecule has 0 spiro atoms. The number of anilines is 1. The number of rotatable bonds is 6. The number of hydrogen-bond acceptors (Lipinski definition) is 2. The number of nitrogens with zero attached hydrogens (tertiary/aromatic N) is 1. The zero-order chi connectivity index (χ0) is 19.8. The molecule has 0 aliphatic carbocycles. The maximum absolute atomic E-state index is 13.2. The van der Waals surface area contributed by atoms with Gasteiger partial charge >= 0.3 is 0 Å². The minimum Gasteiger partial charge on any atom is -0.362 e. The summed E-state index contributed by atoms with van der Waals surface area (Å²) >= 11 is 5.51. The largest absolute Gasteiger partial charge is 0.362 e. The Kier molecular flexibility index (Phi) is 7.33. The zero-order valence-corrected chi connectivity index (χ0v) is 16.6. The molecule has 28 heavy (non-hydrogen) atoms. The predicted octanol–water partition coefficient (Wildman–Crippen LogP) is 1.08. The Labute approximate surface area is 170 Å². The number of carbonyl (C=O) groups excluding carboxylic acids is 1. The van der Waals surface area contributed by atoms with Gasteiger partial charge in [0.15, 0.2) is 11.7 Å². The number of hydrogen-bond donors (Lipinski definition) is 3. The van der Waals surface area contributed by atoms with Crippen molar-refractivity contribution in [2.75, 3.05) is 44.6 Å². The number of amides is 1. The standard InChI is InChI=1S/C21H25FN4OS/c22-18-7-4-8-19(15-18)24-20(27)16-25-11-13-26(14-12-25)21(28)23-10-9-17-5-2-1-3-6-17/h1-8,15H,9-14,16H2,(H,23,28)(H,24,27)/p+1. The summed E-state index contributed by atoms with van der Waals surface area (Å²) in [5.74, 6) is -0.454. The van der Waals surface area contributed by atoms with Gasteiger partial charge in [0.25, 0.3) is 5.91 Å². The van der Waals surface area contributed by atoms with Gasteiger partial charge in [-0.05, 0) is 42.4 Å². The Bertz CT molecular complexity index is 794. The Morgan fingerprint density at radius 2 is 1.86 bits per heavy atom. The molecule has 2 aromatic carbocycles. The minimum atomic E-state index is -0.355. The second-order valence-corrected chi connectivity index (χ2v) is 7.33. The van der Waals surface area contributed by atoms with Gasteiger partial charge in [-0.2, -0.15) is 0 Å². The van der Waals surface area contributed by atoms with Crippen LogP contribution in [0.5, 0.6) is 0 Å². The van der Waals surface area contributed by atoms with Crippen molar-refractivity contribution < 1.29 is 14.1 Å². The molecule has 148 valence electrons. The lowest BCUT2D eigenvalue weighted by molar-refractivity contribution is -0.895. The maximum Gasteiger partial charge on any atom is 0.279 e. The first kappa shape index (κ1) is 20.2. The summed E-state index contributed by atoms with van der Waals surface area (Å²) in [6, 6.07) is 16.3. The Morgan fingerprint density at radius 3 is 2.57 bits per heavy atom. The molecule has 1 aliphatic rings. The van der Waals surface area contributed by atoms with Crippen molar-refractivity contribution in [1.82, 2.24) is 10.2 Å². The summed E-state index contributed by atoms with van der Waals surface area (Å²) in [4.78, 5) is 15.5. The van der Waals surface area contributed by atoms with Crippen molar-refractivity contribution in [3.05, 3.63) is 66.0 Å². The molecule has 1 saturated heterocycles. The van der Waals surface area contributed by atoms with Crippen LogP contribution in [0.4, 0.5) is 10.1 Å². The summed E-state index contributed by atoms with van der Waals surface area (Å²) in [5, 5.41) is 6.86. The normalized spacial score (nSPS) is 14.5. The molecule has 1 fully saturated rings. The monoisotopic (exact) mass is 401 g/mol. The smallest absolute Gasteiger partial charge is 0.279 e. The minimum absolute atomic E-state index is 0.0994. The van der Waals surface area contributed by atoms with Crippen LogP contribution in [0.2, 0.25) is 0 Å². The van der Waals surface area contributed by atoms with E-state index in [9.17, 15) is 9.18 Å². The fourth-order valence-corrected chi connectivity index (χ4v) is 3.56. The van der Waals surface area contributed by atoms with Gasteiger partial charge in [-0.25, -0.2) is 4.39 Å². The second-order valence-electron chi connectivity index (χ2n) is 6.94. The molecule has 0 bridgehead atoms. The van der Waals surface area contributed by atoms with Crippen LogP contribution >= 0.6 is 12.2 Å². The van der Waals surface area contributed by atoms with Crippen LogP contribution < -0.4 is 15.5 Å². The third-order valence-corrected chi connectivity index (χ3v) is 5.21. The molecule has 0 atom stereocenters. The zero-order valence-electron chi connectivity index (χ0n) is 15.8. The number of piperazine rings is 1. The molecule has 3 rings (SSSR count). The van der Waals surface area contributed by atoms with Gasteiger partial charge in [-0.1, -0.05) is 36.4 Å². The predicted molar refractivity (Wildman–Crippen MR) is 113 cm³/mol. The van der Waals surface area contributed by atoms with Crippen LogP contribution in [0, 0.1) is 5.82 Å². The molecule has 1 heterocycles. The van der Waals surface area contributed by atoms with Crippen LogP contribution in [-0.4, -0.2) is 55.2 Å². The number of nitrogens with one attached hydrogen (secondary N) is 3. The van der Waals surface area contributed by atoms with Crippen LogP contribution in [0.1, 0.15) is 5.56 Å². The first-order chi connectivity index (χ1) is 13.6. The van der Waals surface area contributed by atoms with E-state index in [0.29, 0.717) is 12.2 Å². The molecular weight excluding hydrogens is 375 g/mol. The van der Waals surface area contributed by atoms with Crippen molar-refractivity contribution in [2.45, 2.75) is 6.42 Å². The third-order valence-electron chi connectivity index (χ3n) is 4.81.